The highest BCUT2D eigenvalue weighted by atomic mass is 16.5. The predicted molar refractivity (Wildman–Crippen MR) is 114 cm³/mol. The number of pyridine rings is 1. The number of imide groups is 2. The van der Waals surface area contributed by atoms with Crippen molar-refractivity contribution < 1.29 is 23.9 Å². The SMILES string of the molecule is COc1cc(N2CCCC2)c(OC)cc1/C=C1/C(=O)NC(=O)N(c2cccnc2)C1=O. The average molecular weight is 422 g/mol. The Kier molecular flexibility index (Phi) is 5.57. The molecule has 1 aromatic heterocycles. The van der Waals surface area contributed by atoms with Crippen molar-refractivity contribution in [3.63, 3.8) is 0 Å². The first kappa shape index (κ1) is 20.4. The van der Waals surface area contributed by atoms with E-state index < -0.39 is 17.8 Å². The summed E-state index contributed by atoms with van der Waals surface area (Å²) in [7, 11) is 3.09. The molecule has 1 aromatic carbocycles. The van der Waals surface area contributed by atoms with E-state index in [0.29, 0.717) is 17.1 Å². The van der Waals surface area contributed by atoms with Gasteiger partial charge in [-0.15, -0.1) is 0 Å². The maximum absolute atomic E-state index is 13.0. The van der Waals surface area contributed by atoms with Crippen molar-refractivity contribution in [2.75, 3.05) is 37.1 Å². The van der Waals surface area contributed by atoms with Crippen LogP contribution in [0.2, 0.25) is 0 Å². The van der Waals surface area contributed by atoms with Gasteiger partial charge in [-0.1, -0.05) is 0 Å². The van der Waals surface area contributed by atoms with Gasteiger partial charge in [-0.3, -0.25) is 19.9 Å². The van der Waals surface area contributed by atoms with Gasteiger partial charge in [0.25, 0.3) is 11.8 Å². The fourth-order valence-corrected chi connectivity index (χ4v) is 3.76. The summed E-state index contributed by atoms with van der Waals surface area (Å²) in [5.74, 6) is -0.426. The Hall–Kier alpha value is -3.88. The lowest BCUT2D eigenvalue weighted by molar-refractivity contribution is -0.122. The number of ether oxygens (including phenoxy) is 2. The van der Waals surface area contributed by atoms with Crippen molar-refractivity contribution >= 4 is 35.3 Å². The molecule has 0 saturated carbocycles. The number of anilines is 2. The van der Waals surface area contributed by atoms with Crippen LogP contribution in [-0.4, -0.2) is 50.1 Å². The summed E-state index contributed by atoms with van der Waals surface area (Å²) in [5.41, 5.74) is 1.45. The second kappa shape index (κ2) is 8.47. The van der Waals surface area contributed by atoms with Crippen LogP contribution in [0, 0.1) is 0 Å². The van der Waals surface area contributed by atoms with Crippen LogP contribution in [0.1, 0.15) is 18.4 Å². The number of benzene rings is 1. The maximum atomic E-state index is 13.0. The summed E-state index contributed by atoms with van der Waals surface area (Å²) in [5, 5.41) is 2.20. The molecular weight excluding hydrogens is 400 g/mol. The van der Waals surface area contributed by atoms with Gasteiger partial charge in [-0.25, -0.2) is 9.69 Å². The predicted octanol–water partition coefficient (Wildman–Crippen LogP) is 2.37. The first-order valence-electron chi connectivity index (χ1n) is 9.86. The highest BCUT2D eigenvalue weighted by Crippen LogP contribution is 2.38. The van der Waals surface area contributed by atoms with E-state index in [9.17, 15) is 14.4 Å². The molecule has 0 radical (unpaired) electrons. The van der Waals surface area contributed by atoms with E-state index in [-0.39, 0.29) is 11.3 Å². The van der Waals surface area contributed by atoms with E-state index in [1.807, 2.05) is 6.07 Å². The zero-order valence-electron chi connectivity index (χ0n) is 17.3. The van der Waals surface area contributed by atoms with Gasteiger partial charge in [0.05, 0.1) is 31.8 Å². The number of methoxy groups -OCH3 is 2. The van der Waals surface area contributed by atoms with E-state index in [1.54, 1.807) is 25.3 Å². The number of hydrogen-bond donors (Lipinski definition) is 1. The zero-order valence-corrected chi connectivity index (χ0v) is 17.3. The van der Waals surface area contributed by atoms with Crippen LogP contribution in [0.4, 0.5) is 16.2 Å². The number of aromatic nitrogens is 1. The van der Waals surface area contributed by atoms with Gasteiger partial charge in [0.2, 0.25) is 0 Å². The summed E-state index contributed by atoms with van der Waals surface area (Å²) in [6, 6.07) is 5.90. The molecule has 4 amide bonds. The number of carbonyl (C=O) groups excluding carboxylic acids is 3. The van der Waals surface area contributed by atoms with Crippen molar-refractivity contribution in [2.45, 2.75) is 12.8 Å². The van der Waals surface area contributed by atoms with Gasteiger partial charge in [0.1, 0.15) is 17.1 Å². The normalized spacial score (nSPS) is 17.9. The average Bonchev–Trinajstić information content (AvgIpc) is 3.31. The van der Waals surface area contributed by atoms with E-state index >= 15 is 0 Å². The van der Waals surface area contributed by atoms with Gasteiger partial charge >= 0.3 is 6.03 Å². The van der Waals surface area contributed by atoms with Crippen LogP contribution in [-0.2, 0) is 9.59 Å². The van der Waals surface area contributed by atoms with E-state index in [1.165, 1.54) is 25.6 Å². The lowest BCUT2D eigenvalue weighted by Crippen LogP contribution is -2.54. The van der Waals surface area contributed by atoms with Crippen molar-refractivity contribution in [1.82, 2.24) is 10.3 Å². The number of barbiturate groups is 1. The molecule has 0 atom stereocenters. The minimum absolute atomic E-state index is 0.197. The number of rotatable bonds is 5. The molecule has 9 nitrogen and oxygen atoms in total. The molecule has 0 bridgehead atoms. The van der Waals surface area contributed by atoms with Crippen LogP contribution >= 0.6 is 0 Å². The Balaban J connectivity index is 1.76. The Morgan fingerprint density at radius 3 is 2.45 bits per heavy atom. The molecule has 2 fully saturated rings. The van der Waals surface area contributed by atoms with E-state index in [2.05, 4.69) is 15.2 Å². The van der Waals surface area contributed by atoms with Crippen LogP contribution in [0.15, 0.2) is 42.2 Å². The molecule has 2 aliphatic heterocycles. The standard InChI is InChI=1S/C22H22N4O5/c1-30-18-12-17(25-8-3-4-9-25)19(31-2)11-14(18)10-16-20(27)24-22(29)26(21(16)28)15-6-5-7-23-13-15/h5-7,10-13H,3-4,8-9H2,1-2H3,(H,24,27,29)/b16-10-. The minimum atomic E-state index is -0.825. The highest BCUT2D eigenvalue weighted by Gasteiger charge is 2.37. The fraction of sp³-hybridized carbons (Fsp3) is 0.273. The molecule has 2 saturated heterocycles. The minimum Gasteiger partial charge on any atom is -0.496 e. The van der Waals surface area contributed by atoms with Crippen molar-refractivity contribution in [3.05, 3.63) is 47.8 Å². The third kappa shape index (κ3) is 3.81. The molecule has 31 heavy (non-hydrogen) atoms. The van der Waals surface area contributed by atoms with Gasteiger partial charge in [-0.05, 0) is 37.1 Å². The quantitative estimate of drug-likeness (QED) is 0.583. The van der Waals surface area contributed by atoms with Gasteiger partial charge < -0.3 is 14.4 Å². The molecule has 0 aliphatic carbocycles. The second-order valence-corrected chi connectivity index (χ2v) is 7.13. The first-order chi connectivity index (χ1) is 15.0. The number of nitrogens with one attached hydrogen (secondary N) is 1. The summed E-state index contributed by atoms with van der Waals surface area (Å²) >= 11 is 0. The summed E-state index contributed by atoms with van der Waals surface area (Å²) in [6.45, 7) is 1.84. The molecule has 1 N–H and O–H groups in total. The van der Waals surface area contributed by atoms with E-state index in [0.717, 1.165) is 36.5 Å². The Morgan fingerprint density at radius 1 is 1.06 bits per heavy atom. The number of carbonyl (C=O) groups is 3. The molecule has 3 heterocycles. The number of nitrogens with zero attached hydrogens (tertiary/aromatic N) is 3. The Morgan fingerprint density at radius 2 is 1.81 bits per heavy atom. The number of urea groups is 1. The zero-order chi connectivity index (χ0) is 22.0. The number of hydrogen-bond acceptors (Lipinski definition) is 7. The Labute approximate surface area is 179 Å². The van der Waals surface area contributed by atoms with Gasteiger partial charge in [0.15, 0.2) is 0 Å². The molecule has 9 heteroatoms. The monoisotopic (exact) mass is 422 g/mol. The topological polar surface area (TPSA) is 101 Å². The summed E-state index contributed by atoms with van der Waals surface area (Å²) in [4.78, 5) is 44.8. The number of amides is 4. The van der Waals surface area contributed by atoms with Crippen molar-refractivity contribution in [1.29, 1.82) is 0 Å². The van der Waals surface area contributed by atoms with Crippen molar-refractivity contribution in [2.24, 2.45) is 0 Å². The van der Waals surface area contributed by atoms with Gasteiger partial charge in [-0.2, -0.15) is 0 Å². The van der Waals surface area contributed by atoms with Crippen LogP contribution in [0.5, 0.6) is 11.5 Å². The molecular formula is C22H22N4O5. The van der Waals surface area contributed by atoms with Crippen LogP contribution in [0.3, 0.4) is 0 Å². The fourth-order valence-electron chi connectivity index (χ4n) is 3.76. The first-order valence-corrected chi connectivity index (χ1v) is 9.86. The summed E-state index contributed by atoms with van der Waals surface area (Å²) in [6.07, 6.45) is 6.51. The van der Waals surface area contributed by atoms with E-state index in [4.69, 9.17) is 9.47 Å². The smallest absolute Gasteiger partial charge is 0.336 e. The maximum Gasteiger partial charge on any atom is 0.336 e. The molecule has 4 rings (SSSR count). The highest BCUT2D eigenvalue weighted by molar-refractivity contribution is 6.39. The lowest BCUT2D eigenvalue weighted by Gasteiger charge is -2.26. The second-order valence-electron chi connectivity index (χ2n) is 7.13. The van der Waals surface area contributed by atoms with Gasteiger partial charge in [0, 0.05) is 30.9 Å². The molecule has 0 spiro atoms. The lowest BCUT2D eigenvalue weighted by atomic mass is 10.0. The molecule has 160 valence electrons. The molecule has 0 unspecified atom stereocenters. The molecule has 2 aliphatic rings. The largest absolute Gasteiger partial charge is 0.496 e. The third-order valence-corrected chi connectivity index (χ3v) is 5.28. The van der Waals surface area contributed by atoms with Crippen LogP contribution in [0.25, 0.3) is 6.08 Å². The van der Waals surface area contributed by atoms with Crippen molar-refractivity contribution in [3.8, 4) is 11.5 Å². The summed E-state index contributed by atoms with van der Waals surface area (Å²) < 4.78 is 11.1. The Bertz CT molecular complexity index is 1060. The third-order valence-electron chi connectivity index (χ3n) is 5.28. The molecule has 2 aromatic rings. The van der Waals surface area contributed by atoms with Crippen LogP contribution < -0.4 is 24.6 Å².